The van der Waals surface area contributed by atoms with Gasteiger partial charge in [0.15, 0.2) is 0 Å². The fourth-order valence-corrected chi connectivity index (χ4v) is 2.67. The molecule has 2 rings (SSSR count). The molecule has 6 nitrogen and oxygen atoms in total. The predicted molar refractivity (Wildman–Crippen MR) is 100 cm³/mol. The monoisotopic (exact) mass is 460 g/mol. The molecule has 150 valence electrons. The van der Waals surface area contributed by atoms with E-state index in [1.165, 1.54) is 19.2 Å². The van der Waals surface area contributed by atoms with Crippen LogP contribution < -0.4 is 4.74 Å². The molecule has 0 aliphatic heterocycles. The Morgan fingerprint density at radius 1 is 1.14 bits per heavy atom. The fraction of sp³-hybridized carbons (Fsp3) is 0.278. The Labute approximate surface area is 167 Å². The molecule has 0 saturated heterocycles. The lowest BCUT2D eigenvalue weighted by atomic mass is 9.93. The fourth-order valence-electron chi connectivity index (χ4n) is 2.41. The zero-order valence-electron chi connectivity index (χ0n) is 14.6. The van der Waals surface area contributed by atoms with Crippen molar-refractivity contribution in [1.29, 1.82) is 0 Å². The van der Waals surface area contributed by atoms with Crippen molar-refractivity contribution >= 4 is 22.1 Å². The molecule has 0 heterocycles. The van der Waals surface area contributed by atoms with E-state index < -0.39 is 28.8 Å². The Morgan fingerprint density at radius 3 is 2.25 bits per heavy atom. The van der Waals surface area contributed by atoms with E-state index in [2.05, 4.69) is 21.1 Å². The van der Waals surface area contributed by atoms with Gasteiger partial charge in [-0.3, -0.25) is 10.1 Å². The van der Waals surface area contributed by atoms with Crippen molar-refractivity contribution < 1.29 is 27.7 Å². The number of nitrogens with zero attached hydrogens (tertiary/aromatic N) is 2. The number of nitro groups is 1. The summed E-state index contributed by atoms with van der Waals surface area (Å²) in [5.41, 5.74) is -2.86. The number of ether oxygens (including phenoxy) is 1. The second kappa shape index (κ2) is 9.05. The minimum absolute atomic E-state index is 0.177. The molecule has 0 fully saturated rings. The molecule has 2 aromatic rings. The third kappa shape index (κ3) is 5.22. The lowest BCUT2D eigenvalue weighted by molar-refractivity contribution is -0.522. The van der Waals surface area contributed by atoms with Crippen LogP contribution in [0.3, 0.4) is 0 Å². The van der Waals surface area contributed by atoms with Gasteiger partial charge in [-0.15, -0.1) is 0 Å². The number of halogens is 4. The average molecular weight is 461 g/mol. The van der Waals surface area contributed by atoms with Gasteiger partial charge in [-0.05, 0) is 29.8 Å². The van der Waals surface area contributed by atoms with Crippen LogP contribution in [0, 0.1) is 10.1 Å². The van der Waals surface area contributed by atoms with Crippen molar-refractivity contribution in [3.8, 4) is 5.75 Å². The minimum atomic E-state index is -5.06. The van der Waals surface area contributed by atoms with Crippen LogP contribution in [0.4, 0.5) is 13.2 Å². The van der Waals surface area contributed by atoms with Crippen LogP contribution in [0.1, 0.15) is 11.1 Å². The van der Waals surface area contributed by atoms with Crippen molar-refractivity contribution in [2.24, 2.45) is 5.16 Å². The van der Waals surface area contributed by atoms with Crippen molar-refractivity contribution in [2.75, 3.05) is 13.7 Å². The van der Waals surface area contributed by atoms with Gasteiger partial charge in [0.25, 0.3) is 6.54 Å². The first-order chi connectivity index (χ1) is 13.2. The van der Waals surface area contributed by atoms with Gasteiger partial charge in [-0.2, -0.15) is 13.2 Å². The highest BCUT2D eigenvalue weighted by molar-refractivity contribution is 9.10. The van der Waals surface area contributed by atoms with Crippen LogP contribution >= 0.6 is 15.9 Å². The Kier molecular flexibility index (Phi) is 7.00. The van der Waals surface area contributed by atoms with E-state index in [-0.39, 0.29) is 6.42 Å². The minimum Gasteiger partial charge on any atom is -0.497 e. The van der Waals surface area contributed by atoms with Gasteiger partial charge in [-0.1, -0.05) is 45.4 Å². The lowest BCUT2D eigenvalue weighted by Crippen LogP contribution is -2.49. The summed E-state index contributed by atoms with van der Waals surface area (Å²) in [6.07, 6.45) is -3.76. The maximum atomic E-state index is 13.8. The quantitative estimate of drug-likeness (QED) is 0.324. The number of benzene rings is 2. The highest BCUT2D eigenvalue weighted by atomic mass is 79.9. The number of hydrogen-bond donors (Lipinski definition) is 0. The zero-order chi connectivity index (χ0) is 20.8. The van der Waals surface area contributed by atoms with E-state index >= 15 is 0 Å². The molecule has 0 aromatic heterocycles. The highest BCUT2D eigenvalue weighted by Gasteiger charge is 2.63. The molecular formula is C18H16BrF3N2O4. The maximum absolute atomic E-state index is 13.8. The van der Waals surface area contributed by atoms with E-state index in [4.69, 9.17) is 9.57 Å². The second-order valence-electron chi connectivity index (χ2n) is 5.75. The van der Waals surface area contributed by atoms with Crippen LogP contribution in [0.25, 0.3) is 0 Å². The molecule has 0 unspecified atom stereocenters. The number of alkyl halides is 3. The summed E-state index contributed by atoms with van der Waals surface area (Å²) in [5, 5.41) is 14.4. The van der Waals surface area contributed by atoms with Crippen LogP contribution in [-0.2, 0) is 16.9 Å². The summed E-state index contributed by atoms with van der Waals surface area (Å²) in [6.45, 7) is -1.52. The summed E-state index contributed by atoms with van der Waals surface area (Å²) in [4.78, 5) is 14.7. The summed E-state index contributed by atoms with van der Waals surface area (Å²) in [5.74, 6) is 0.634. The summed E-state index contributed by atoms with van der Waals surface area (Å²) in [6, 6.07) is 11.7. The molecule has 0 aliphatic rings. The molecule has 2 aromatic carbocycles. The van der Waals surface area contributed by atoms with E-state index in [1.54, 1.807) is 24.3 Å². The molecule has 0 spiro atoms. The summed E-state index contributed by atoms with van der Waals surface area (Å²) >= 11 is 3.12. The Balaban J connectivity index is 2.27. The molecule has 1 atom stereocenters. The van der Waals surface area contributed by atoms with Gasteiger partial charge in [-0.25, -0.2) is 0 Å². The zero-order valence-corrected chi connectivity index (χ0v) is 16.2. The molecular weight excluding hydrogens is 445 g/mol. The lowest BCUT2D eigenvalue weighted by Gasteiger charge is -2.30. The average Bonchev–Trinajstić information content (AvgIpc) is 2.64. The molecule has 0 aliphatic carbocycles. The van der Waals surface area contributed by atoms with Gasteiger partial charge in [0, 0.05) is 27.6 Å². The third-order valence-electron chi connectivity index (χ3n) is 3.89. The molecule has 28 heavy (non-hydrogen) atoms. The number of methoxy groups -OCH3 is 1. The smallest absolute Gasteiger partial charge is 0.442 e. The molecule has 0 radical (unpaired) electrons. The number of oxime groups is 1. The SMILES string of the molecule is COc1ccc(C/C=N/O[C@](C[N+](=O)[O-])(c2ccc(Br)cc2)C(F)(F)F)cc1. The van der Waals surface area contributed by atoms with Crippen LogP contribution in [-0.4, -0.2) is 31.0 Å². The van der Waals surface area contributed by atoms with Gasteiger partial charge in [0.05, 0.1) is 7.11 Å². The first-order valence-electron chi connectivity index (χ1n) is 7.95. The molecule has 0 bridgehead atoms. The molecule has 10 heteroatoms. The first-order valence-corrected chi connectivity index (χ1v) is 8.75. The molecule has 0 amide bonds. The van der Waals surface area contributed by atoms with Gasteiger partial charge < -0.3 is 9.57 Å². The van der Waals surface area contributed by atoms with E-state index in [0.29, 0.717) is 10.2 Å². The van der Waals surface area contributed by atoms with Crippen LogP contribution in [0.5, 0.6) is 5.75 Å². The van der Waals surface area contributed by atoms with E-state index in [9.17, 15) is 23.3 Å². The van der Waals surface area contributed by atoms with Crippen LogP contribution in [0.2, 0.25) is 0 Å². The predicted octanol–water partition coefficient (Wildman–Crippen LogP) is 4.74. The van der Waals surface area contributed by atoms with E-state index in [0.717, 1.165) is 23.9 Å². The number of hydrogen-bond acceptors (Lipinski definition) is 5. The van der Waals surface area contributed by atoms with Crippen molar-refractivity contribution in [1.82, 2.24) is 0 Å². The van der Waals surface area contributed by atoms with Crippen LogP contribution in [0.15, 0.2) is 58.2 Å². The van der Waals surface area contributed by atoms with Gasteiger partial charge in [0.1, 0.15) is 5.75 Å². The number of rotatable bonds is 8. The van der Waals surface area contributed by atoms with Crippen molar-refractivity contribution in [2.45, 2.75) is 18.2 Å². The normalized spacial score (nSPS) is 13.9. The summed E-state index contributed by atoms with van der Waals surface area (Å²) in [7, 11) is 1.51. The van der Waals surface area contributed by atoms with Crippen molar-refractivity contribution in [3.05, 3.63) is 74.2 Å². The third-order valence-corrected chi connectivity index (χ3v) is 4.42. The van der Waals surface area contributed by atoms with E-state index in [1.807, 2.05) is 0 Å². The maximum Gasteiger partial charge on any atom is 0.442 e. The molecule has 0 saturated carbocycles. The summed E-state index contributed by atoms with van der Waals surface area (Å²) < 4.78 is 47.0. The largest absolute Gasteiger partial charge is 0.497 e. The topological polar surface area (TPSA) is 74.0 Å². The van der Waals surface area contributed by atoms with Crippen molar-refractivity contribution in [3.63, 3.8) is 0 Å². The van der Waals surface area contributed by atoms with Gasteiger partial charge >= 0.3 is 11.8 Å². The standard InChI is InChI=1S/C18H16BrF3N2O4/c1-27-16-8-2-13(3-9-16)10-11-23-28-17(12-24(25)26,18(20,21)22)14-4-6-15(19)7-5-14/h2-9,11H,10,12H2,1H3/b23-11+/t17-/m1/s1. The highest BCUT2D eigenvalue weighted by Crippen LogP contribution is 2.43. The first kappa shape index (κ1) is 21.7. The Bertz CT molecular complexity index is 826. The molecule has 0 N–H and O–H groups in total. The Morgan fingerprint density at radius 2 is 1.75 bits per heavy atom. The Hall–Kier alpha value is -2.62. The van der Waals surface area contributed by atoms with Gasteiger partial charge in [0.2, 0.25) is 0 Å². The second-order valence-corrected chi connectivity index (χ2v) is 6.67.